The predicted molar refractivity (Wildman–Crippen MR) is 127 cm³/mol. The minimum atomic E-state index is -0.388. The first kappa shape index (κ1) is 20.1. The van der Waals surface area contributed by atoms with Gasteiger partial charge in [-0.3, -0.25) is 10.1 Å². The van der Waals surface area contributed by atoms with Crippen LogP contribution in [-0.2, 0) is 6.42 Å². The van der Waals surface area contributed by atoms with Gasteiger partial charge in [-0.05, 0) is 49.1 Å². The summed E-state index contributed by atoms with van der Waals surface area (Å²) in [4.78, 5) is 16.3. The van der Waals surface area contributed by atoms with E-state index in [1.807, 2.05) is 46.5 Å². The third kappa shape index (κ3) is 4.02. The molecule has 0 bridgehead atoms. The summed E-state index contributed by atoms with van der Waals surface area (Å²) in [6, 6.07) is 24.8. The molecule has 158 valence electrons. The normalized spacial score (nSPS) is 15.0. The predicted octanol–water partition coefficient (Wildman–Crippen LogP) is 5.95. The Morgan fingerprint density at radius 3 is 2.44 bits per heavy atom. The molecule has 1 aliphatic carbocycles. The zero-order valence-corrected chi connectivity index (χ0v) is 18.0. The fourth-order valence-corrected chi connectivity index (χ4v) is 4.71. The molecule has 1 aliphatic rings. The topological polar surface area (TPSA) is 72.8 Å². The molecule has 6 nitrogen and oxygen atoms in total. The Morgan fingerprint density at radius 2 is 1.66 bits per heavy atom. The van der Waals surface area contributed by atoms with Gasteiger partial charge in [-0.2, -0.15) is 5.10 Å². The van der Waals surface area contributed by atoms with Gasteiger partial charge in [-0.1, -0.05) is 42.5 Å². The van der Waals surface area contributed by atoms with Crippen molar-refractivity contribution >= 4 is 28.4 Å². The number of nitro groups is 1. The van der Waals surface area contributed by atoms with Crippen molar-refractivity contribution in [3.8, 4) is 11.3 Å². The largest absolute Gasteiger partial charge is 0.269 e. The van der Waals surface area contributed by atoms with Crippen molar-refractivity contribution in [1.82, 2.24) is 4.68 Å². The molecule has 0 spiro atoms. The van der Waals surface area contributed by atoms with E-state index in [0.29, 0.717) is 0 Å². The van der Waals surface area contributed by atoms with Crippen LogP contribution in [0.3, 0.4) is 0 Å². The Hall–Kier alpha value is -3.84. The van der Waals surface area contributed by atoms with Gasteiger partial charge < -0.3 is 0 Å². The molecule has 0 unspecified atom stereocenters. The van der Waals surface area contributed by atoms with Crippen LogP contribution in [0.2, 0.25) is 0 Å². The van der Waals surface area contributed by atoms with Crippen molar-refractivity contribution in [3.05, 3.63) is 110 Å². The highest BCUT2D eigenvalue weighted by molar-refractivity contribution is 7.07. The van der Waals surface area contributed by atoms with Gasteiger partial charge in [0.2, 0.25) is 4.80 Å². The highest BCUT2D eigenvalue weighted by Gasteiger charge is 2.17. The summed E-state index contributed by atoms with van der Waals surface area (Å²) in [7, 11) is 0. The first-order valence-corrected chi connectivity index (χ1v) is 11.3. The molecule has 3 aromatic carbocycles. The minimum absolute atomic E-state index is 0.0669. The van der Waals surface area contributed by atoms with Crippen LogP contribution in [0, 0.1) is 10.1 Å². The maximum Gasteiger partial charge on any atom is 0.269 e. The maximum atomic E-state index is 11.1. The van der Waals surface area contributed by atoms with Crippen LogP contribution in [0.4, 0.5) is 11.4 Å². The molecule has 0 atom stereocenters. The van der Waals surface area contributed by atoms with Gasteiger partial charge in [-0.15, -0.1) is 11.3 Å². The number of nitrogens with zero attached hydrogens (tertiary/aromatic N) is 4. The third-order valence-corrected chi connectivity index (χ3v) is 6.26. The van der Waals surface area contributed by atoms with Gasteiger partial charge in [0.15, 0.2) is 0 Å². The Labute approximate surface area is 189 Å². The lowest BCUT2D eigenvalue weighted by atomic mass is 9.90. The number of aromatic nitrogens is 1. The Morgan fingerprint density at radius 1 is 0.906 bits per heavy atom. The van der Waals surface area contributed by atoms with Gasteiger partial charge >= 0.3 is 0 Å². The number of hydrogen-bond acceptors (Lipinski definition) is 5. The van der Waals surface area contributed by atoms with Crippen molar-refractivity contribution in [2.45, 2.75) is 19.3 Å². The lowest BCUT2D eigenvalue weighted by Gasteiger charge is -2.18. The second kappa shape index (κ2) is 8.72. The van der Waals surface area contributed by atoms with Crippen LogP contribution in [-0.4, -0.2) is 15.3 Å². The van der Waals surface area contributed by atoms with Gasteiger partial charge in [0, 0.05) is 28.6 Å². The monoisotopic (exact) mass is 440 g/mol. The van der Waals surface area contributed by atoms with Crippen LogP contribution < -0.4 is 4.80 Å². The number of fused-ring (bicyclic) bond motifs is 1. The van der Waals surface area contributed by atoms with E-state index in [1.165, 1.54) is 34.6 Å². The van der Waals surface area contributed by atoms with Crippen LogP contribution in [0.25, 0.3) is 11.3 Å². The van der Waals surface area contributed by atoms with Crippen LogP contribution in [0.15, 0.2) is 94.3 Å². The lowest BCUT2D eigenvalue weighted by molar-refractivity contribution is -0.384. The number of aryl methyl sites for hydroxylation is 1. The van der Waals surface area contributed by atoms with Crippen molar-refractivity contribution in [3.63, 3.8) is 0 Å². The van der Waals surface area contributed by atoms with Crippen molar-refractivity contribution in [2.75, 3.05) is 0 Å². The molecule has 0 saturated heterocycles. The summed E-state index contributed by atoms with van der Waals surface area (Å²) in [5.74, 6) is 0. The molecule has 4 aromatic rings. The lowest BCUT2D eigenvalue weighted by Crippen LogP contribution is -2.18. The van der Waals surface area contributed by atoms with E-state index >= 15 is 0 Å². The molecule has 0 radical (unpaired) electrons. The van der Waals surface area contributed by atoms with E-state index in [4.69, 9.17) is 10.1 Å². The molecule has 0 amide bonds. The van der Waals surface area contributed by atoms with E-state index in [-0.39, 0.29) is 10.6 Å². The fourth-order valence-electron chi connectivity index (χ4n) is 3.86. The standard InChI is InChI=1S/C25H20N4O2S/c30-29(31)21-15-13-19(14-16-21)24-17-32-25(26-20-9-2-1-3-10-20)28(24)27-23-12-6-8-18-7-4-5-11-22(18)23/h1-5,7,9-11,13-17H,6,8,12H2. The van der Waals surface area contributed by atoms with Crippen LogP contribution >= 0.6 is 11.3 Å². The number of benzene rings is 3. The van der Waals surface area contributed by atoms with Gasteiger partial charge in [0.05, 0.1) is 22.0 Å². The maximum absolute atomic E-state index is 11.1. The molecule has 7 heteroatoms. The molecule has 0 N–H and O–H groups in total. The number of para-hydroxylation sites is 1. The van der Waals surface area contributed by atoms with E-state index in [2.05, 4.69) is 18.2 Å². The van der Waals surface area contributed by atoms with E-state index in [0.717, 1.165) is 46.7 Å². The van der Waals surface area contributed by atoms with E-state index < -0.39 is 0 Å². The second-order valence-electron chi connectivity index (χ2n) is 7.52. The summed E-state index contributed by atoms with van der Waals surface area (Å²) in [5, 5.41) is 18.1. The Balaban J connectivity index is 1.68. The van der Waals surface area contributed by atoms with E-state index in [9.17, 15) is 10.1 Å². The molecule has 1 heterocycles. The van der Waals surface area contributed by atoms with E-state index in [1.54, 1.807) is 12.1 Å². The van der Waals surface area contributed by atoms with Crippen molar-refractivity contribution in [1.29, 1.82) is 0 Å². The molecule has 0 fully saturated rings. The summed E-state index contributed by atoms with van der Waals surface area (Å²) < 4.78 is 1.87. The molecule has 32 heavy (non-hydrogen) atoms. The Kier molecular flexibility index (Phi) is 5.47. The van der Waals surface area contributed by atoms with Crippen LogP contribution in [0.1, 0.15) is 24.0 Å². The zero-order valence-electron chi connectivity index (χ0n) is 17.2. The van der Waals surface area contributed by atoms with Gasteiger partial charge in [-0.25, -0.2) is 9.67 Å². The number of thiazole rings is 1. The van der Waals surface area contributed by atoms with Crippen LogP contribution in [0.5, 0.6) is 0 Å². The summed E-state index contributed by atoms with van der Waals surface area (Å²) in [6.07, 6.45) is 3.00. The van der Waals surface area contributed by atoms with Crippen molar-refractivity contribution < 1.29 is 4.92 Å². The average molecular weight is 441 g/mol. The Bertz CT molecular complexity index is 1370. The summed E-state index contributed by atoms with van der Waals surface area (Å²) in [6.45, 7) is 0. The first-order chi connectivity index (χ1) is 15.7. The highest BCUT2D eigenvalue weighted by Crippen LogP contribution is 2.26. The number of nitro benzene ring substituents is 1. The third-order valence-electron chi connectivity index (χ3n) is 5.45. The minimum Gasteiger partial charge on any atom is -0.258 e. The molecular weight excluding hydrogens is 420 g/mol. The van der Waals surface area contributed by atoms with Crippen molar-refractivity contribution in [2.24, 2.45) is 10.1 Å². The number of hydrogen-bond donors (Lipinski definition) is 0. The SMILES string of the molecule is O=[N+]([O-])c1ccc(-c2csc(=Nc3ccccc3)n2N=C2CCCc3ccccc32)cc1. The quantitative estimate of drug-likeness (QED) is 0.291. The molecule has 5 rings (SSSR count). The first-order valence-electron chi connectivity index (χ1n) is 10.4. The number of rotatable bonds is 4. The smallest absolute Gasteiger partial charge is 0.258 e. The molecular formula is C25H20N4O2S. The molecule has 0 saturated carbocycles. The summed E-state index contributed by atoms with van der Waals surface area (Å²) in [5.41, 5.74) is 6.15. The average Bonchev–Trinajstić information content (AvgIpc) is 3.22. The number of non-ortho nitro benzene ring substituents is 1. The highest BCUT2D eigenvalue weighted by atomic mass is 32.1. The zero-order chi connectivity index (χ0) is 21.9. The fraction of sp³-hybridized carbons (Fsp3) is 0.120. The van der Waals surface area contributed by atoms with Gasteiger partial charge in [0.1, 0.15) is 0 Å². The molecule has 0 aliphatic heterocycles. The summed E-state index contributed by atoms with van der Waals surface area (Å²) >= 11 is 1.50. The molecule has 1 aromatic heterocycles. The van der Waals surface area contributed by atoms with Gasteiger partial charge in [0.25, 0.3) is 5.69 Å². The second-order valence-corrected chi connectivity index (χ2v) is 8.36.